The number of ether oxygens (including phenoxy) is 1. The van der Waals surface area contributed by atoms with Crippen molar-refractivity contribution in [1.82, 2.24) is 4.98 Å². The second-order valence-electron chi connectivity index (χ2n) is 5.60. The summed E-state index contributed by atoms with van der Waals surface area (Å²) in [4.78, 5) is 4.02. The van der Waals surface area contributed by atoms with Crippen LogP contribution < -0.4 is 4.74 Å². The van der Waals surface area contributed by atoms with Crippen molar-refractivity contribution in [1.29, 1.82) is 0 Å². The average Bonchev–Trinajstić information content (AvgIpc) is 2.55. The molecule has 0 atom stereocenters. The highest BCUT2D eigenvalue weighted by molar-refractivity contribution is 6.52. The van der Waals surface area contributed by atoms with Crippen LogP contribution in [0.4, 0.5) is 0 Å². The zero-order chi connectivity index (χ0) is 14.1. The molecule has 0 unspecified atom stereocenters. The normalized spacial score (nSPS) is 21.0. The molecule has 0 amide bonds. The summed E-state index contributed by atoms with van der Waals surface area (Å²) in [6, 6.07) is 1.89. The van der Waals surface area contributed by atoms with E-state index in [0.717, 1.165) is 11.3 Å². The Morgan fingerprint density at radius 3 is 2.42 bits per heavy atom. The lowest BCUT2D eigenvalue weighted by Crippen LogP contribution is -2.41. The van der Waals surface area contributed by atoms with E-state index >= 15 is 0 Å². The van der Waals surface area contributed by atoms with Crippen LogP contribution in [0.2, 0.25) is 0 Å². The molecule has 2 rings (SSSR count). The van der Waals surface area contributed by atoms with Gasteiger partial charge in [0.15, 0.2) is 0 Å². The Balaban J connectivity index is 2.13. The van der Waals surface area contributed by atoms with Gasteiger partial charge in [0.2, 0.25) is 0 Å². The van der Waals surface area contributed by atoms with Crippen LogP contribution in [0.15, 0.2) is 24.4 Å². The molecule has 0 N–H and O–H groups in total. The topological polar surface area (TPSA) is 40.6 Å². The first-order valence-corrected chi connectivity index (χ1v) is 6.37. The van der Waals surface area contributed by atoms with Crippen molar-refractivity contribution < 1.29 is 14.0 Å². The molecule has 1 aliphatic rings. The number of nitrogens with zero attached hydrogens (tertiary/aromatic N) is 1. The molecule has 1 saturated heterocycles. The van der Waals surface area contributed by atoms with Crippen LogP contribution >= 0.6 is 0 Å². The summed E-state index contributed by atoms with van der Waals surface area (Å²) in [5, 5.41) is 0. The Hall–Kier alpha value is -1.33. The highest BCUT2D eigenvalue weighted by atomic mass is 16.7. The van der Waals surface area contributed by atoms with Crippen molar-refractivity contribution in [2.24, 2.45) is 0 Å². The van der Waals surface area contributed by atoms with Gasteiger partial charge in [0.25, 0.3) is 0 Å². The molecule has 1 fully saturated rings. The maximum Gasteiger partial charge on any atom is 0.487 e. The van der Waals surface area contributed by atoms with Crippen molar-refractivity contribution in [3.05, 3.63) is 30.0 Å². The fourth-order valence-corrected chi connectivity index (χ4v) is 1.85. The molecule has 5 heteroatoms. The SMILES string of the molecule is COc1cnccc1/C=C/B1OC(C)(C)C(C)(C)O1. The summed E-state index contributed by atoms with van der Waals surface area (Å²) in [7, 11) is 1.28. The van der Waals surface area contributed by atoms with Crippen molar-refractivity contribution in [3.8, 4) is 5.75 Å². The Bertz CT molecular complexity index is 469. The van der Waals surface area contributed by atoms with Gasteiger partial charge in [-0.25, -0.2) is 0 Å². The molecule has 0 bridgehead atoms. The van der Waals surface area contributed by atoms with E-state index in [4.69, 9.17) is 14.0 Å². The number of hydrogen-bond acceptors (Lipinski definition) is 4. The Morgan fingerprint density at radius 1 is 1.21 bits per heavy atom. The van der Waals surface area contributed by atoms with Crippen molar-refractivity contribution >= 4 is 13.2 Å². The predicted molar refractivity (Wildman–Crippen MR) is 75.9 cm³/mol. The van der Waals surface area contributed by atoms with E-state index in [1.165, 1.54) is 0 Å². The first kappa shape index (κ1) is 14.1. The lowest BCUT2D eigenvalue weighted by atomic mass is 9.89. The summed E-state index contributed by atoms with van der Waals surface area (Å²) in [5.41, 5.74) is 0.321. The second kappa shape index (κ2) is 4.98. The molecule has 1 aromatic heterocycles. The van der Waals surface area contributed by atoms with Crippen molar-refractivity contribution in [2.75, 3.05) is 7.11 Å². The average molecular weight is 261 g/mol. The van der Waals surface area contributed by atoms with Gasteiger partial charge in [-0.05, 0) is 33.8 Å². The molecule has 1 aliphatic heterocycles. The maximum absolute atomic E-state index is 5.89. The van der Waals surface area contributed by atoms with Crippen molar-refractivity contribution in [2.45, 2.75) is 38.9 Å². The van der Waals surface area contributed by atoms with Gasteiger partial charge >= 0.3 is 7.12 Å². The third-order valence-electron chi connectivity index (χ3n) is 3.74. The van der Waals surface area contributed by atoms with Gasteiger partial charge in [0.1, 0.15) is 5.75 Å². The summed E-state index contributed by atoms with van der Waals surface area (Å²) in [6.45, 7) is 8.14. The van der Waals surface area contributed by atoms with Gasteiger partial charge < -0.3 is 14.0 Å². The molecule has 0 radical (unpaired) electrons. The van der Waals surface area contributed by atoms with E-state index in [0.29, 0.717) is 0 Å². The number of rotatable bonds is 3. The van der Waals surface area contributed by atoms with E-state index in [9.17, 15) is 0 Å². The predicted octanol–water partition coefficient (Wildman–Crippen LogP) is 2.73. The van der Waals surface area contributed by atoms with Crippen LogP contribution in [0.3, 0.4) is 0 Å². The smallest absolute Gasteiger partial charge is 0.487 e. The Kier molecular flexibility index (Phi) is 3.70. The van der Waals surface area contributed by atoms with Gasteiger partial charge in [-0.3, -0.25) is 4.98 Å². The molecular weight excluding hydrogens is 241 g/mol. The minimum Gasteiger partial charge on any atom is -0.495 e. The highest BCUT2D eigenvalue weighted by Crippen LogP contribution is 2.37. The molecule has 0 aliphatic carbocycles. The molecule has 19 heavy (non-hydrogen) atoms. The van der Waals surface area contributed by atoms with E-state index in [-0.39, 0.29) is 18.3 Å². The minimum atomic E-state index is -0.345. The lowest BCUT2D eigenvalue weighted by Gasteiger charge is -2.32. The number of methoxy groups -OCH3 is 1. The summed E-state index contributed by atoms with van der Waals surface area (Å²) < 4.78 is 17.0. The molecule has 4 nitrogen and oxygen atoms in total. The molecule has 0 saturated carbocycles. The fraction of sp³-hybridized carbons (Fsp3) is 0.500. The van der Waals surface area contributed by atoms with Gasteiger partial charge in [-0.1, -0.05) is 12.1 Å². The maximum atomic E-state index is 5.89. The molecule has 0 aromatic carbocycles. The van der Waals surface area contributed by atoms with Crippen LogP contribution in [-0.4, -0.2) is 30.4 Å². The number of pyridine rings is 1. The Morgan fingerprint density at radius 2 is 1.84 bits per heavy atom. The van der Waals surface area contributed by atoms with E-state index < -0.39 is 0 Å². The third kappa shape index (κ3) is 2.82. The Labute approximate surface area is 114 Å². The summed E-state index contributed by atoms with van der Waals surface area (Å²) >= 11 is 0. The molecule has 2 heterocycles. The largest absolute Gasteiger partial charge is 0.495 e. The van der Waals surface area contributed by atoms with E-state index in [2.05, 4.69) is 4.98 Å². The van der Waals surface area contributed by atoms with Gasteiger partial charge in [0.05, 0.1) is 24.5 Å². The zero-order valence-corrected chi connectivity index (χ0v) is 12.1. The van der Waals surface area contributed by atoms with Crippen LogP contribution in [0.25, 0.3) is 6.08 Å². The van der Waals surface area contributed by atoms with Crippen LogP contribution in [0, 0.1) is 0 Å². The first-order valence-electron chi connectivity index (χ1n) is 6.37. The standard InChI is InChI=1S/C14H20BNO3/c1-13(2)14(3,4)19-15(18-13)8-6-11-7-9-16-10-12(11)17-5/h6-10H,1-5H3/b8-6+. The van der Waals surface area contributed by atoms with Crippen LogP contribution in [0.1, 0.15) is 33.3 Å². The third-order valence-corrected chi connectivity index (χ3v) is 3.74. The van der Waals surface area contributed by atoms with Gasteiger partial charge in [-0.2, -0.15) is 0 Å². The summed E-state index contributed by atoms with van der Waals surface area (Å²) in [5.74, 6) is 2.63. The highest BCUT2D eigenvalue weighted by Gasteiger charge is 2.49. The number of aromatic nitrogens is 1. The molecule has 0 spiro atoms. The first-order chi connectivity index (χ1) is 8.86. The quantitative estimate of drug-likeness (QED) is 0.784. The molecule has 1 aromatic rings. The van der Waals surface area contributed by atoms with Crippen LogP contribution in [0.5, 0.6) is 5.75 Å². The minimum absolute atomic E-state index is 0.315. The lowest BCUT2D eigenvalue weighted by molar-refractivity contribution is 0.00578. The summed E-state index contributed by atoms with van der Waals surface area (Å²) in [6.07, 6.45) is 5.35. The van der Waals surface area contributed by atoms with Gasteiger partial charge in [-0.15, -0.1) is 0 Å². The monoisotopic (exact) mass is 261 g/mol. The number of hydrogen-bond donors (Lipinski definition) is 0. The zero-order valence-electron chi connectivity index (χ0n) is 12.1. The molecular formula is C14H20BNO3. The van der Waals surface area contributed by atoms with E-state index in [1.807, 2.05) is 45.8 Å². The van der Waals surface area contributed by atoms with Crippen LogP contribution in [-0.2, 0) is 9.31 Å². The fourth-order valence-electron chi connectivity index (χ4n) is 1.85. The second-order valence-corrected chi connectivity index (χ2v) is 5.60. The van der Waals surface area contributed by atoms with Crippen molar-refractivity contribution in [3.63, 3.8) is 0 Å². The van der Waals surface area contributed by atoms with Gasteiger partial charge in [0, 0.05) is 11.8 Å². The van der Waals surface area contributed by atoms with E-state index in [1.54, 1.807) is 19.5 Å². The molecule has 102 valence electrons.